The van der Waals surface area contributed by atoms with Gasteiger partial charge in [0.1, 0.15) is 11.5 Å². The van der Waals surface area contributed by atoms with Crippen LogP contribution >= 0.6 is 0 Å². The number of hydrogen-bond acceptors (Lipinski definition) is 5. The molecule has 0 bridgehead atoms. The highest BCUT2D eigenvalue weighted by Gasteiger charge is 2.09. The molecule has 21 heavy (non-hydrogen) atoms. The zero-order valence-corrected chi connectivity index (χ0v) is 12.4. The van der Waals surface area contributed by atoms with E-state index in [0.717, 1.165) is 6.42 Å². The predicted octanol–water partition coefficient (Wildman–Crippen LogP) is 3.31. The Morgan fingerprint density at radius 2 is 1.95 bits per heavy atom. The normalized spacial score (nSPS) is 10.7. The largest absolute Gasteiger partial charge is 0.507 e. The maximum absolute atomic E-state index is 9.96. The third-order valence-corrected chi connectivity index (χ3v) is 3.32. The average Bonchev–Trinajstić information content (AvgIpc) is 3.00. The third-order valence-electron chi connectivity index (χ3n) is 3.32. The molecule has 2 rings (SSSR count). The molecule has 1 aromatic carbocycles. The Bertz CT molecular complexity index is 528. The van der Waals surface area contributed by atoms with Gasteiger partial charge in [-0.05, 0) is 23.8 Å². The van der Waals surface area contributed by atoms with Gasteiger partial charge in [0, 0.05) is 6.07 Å². The first kappa shape index (κ1) is 15.3. The molecule has 0 aliphatic heterocycles. The van der Waals surface area contributed by atoms with Crippen molar-refractivity contribution >= 4 is 0 Å². The third kappa shape index (κ3) is 4.73. The number of nitrogens with one attached hydrogen (secondary N) is 1. The van der Waals surface area contributed by atoms with Gasteiger partial charge in [-0.15, -0.1) is 10.2 Å². The number of ether oxygens (including phenoxy) is 1. The summed E-state index contributed by atoms with van der Waals surface area (Å²) >= 11 is 0. The van der Waals surface area contributed by atoms with E-state index in [1.54, 1.807) is 12.1 Å². The van der Waals surface area contributed by atoms with Crippen LogP contribution in [0.2, 0.25) is 0 Å². The van der Waals surface area contributed by atoms with Gasteiger partial charge in [-0.3, -0.25) is 0 Å². The Labute approximate surface area is 124 Å². The number of aromatic amines is 1. The lowest BCUT2D eigenvalue weighted by molar-refractivity contribution is 0.303. The fraction of sp³-hybridized carbons (Fsp3) is 0.533. The molecular formula is C15H22N4O2. The van der Waals surface area contributed by atoms with Gasteiger partial charge >= 0.3 is 0 Å². The predicted molar refractivity (Wildman–Crippen MR) is 80.1 cm³/mol. The second-order valence-electron chi connectivity index (χ2n) is 5.03. The van der Waals surface area contributed by atoms with E-state index in [4.69, 9.17) is 4.74 Å². The number of nitrogens with zero attached hydrogens (tertiary/aromatic N) is 3. The smallest absolute Gasteiger partial charge is 0.208 e. The van der Waals surface area contributed by atoms with Gasteiger partial charge in [0.25, 0.3) is 0 Å². The Morgan fingerprint density at radius 3 is 2.67 bits per heavy atom. The first-order chi connectivity index (χ1) is 10.3. The van der Waals surface area contributed by atoms with Crippen molar-refractivity contribution in [2.24, 2.45) is 0 Å². The summed E-state index contributed by atoms with van der Waals surface area (Å²) in [5, 5.41) is 23.5. The molecule has 0 saturated carbocycles. The molecule has 0 aliphatic carbocycles. The fourth-order valence-corrected chi connectivity index (χ4v) is 2.14. The van der Waals surface area contributed by atoms with Crippen molar-refractivity contribution in [3.05, 3.63) is 18.2 Å². The molecule has 0 radical (unpaired) electrons. The summed E-state index contributed by atoms with van der Waals surface area (Å²) in [4.78, 5) is 0. The first-order valence-corrected chi connectivity index (χ1v) is 7.51. The van der Waals surface area contributed by atoms with Crippen molar-refractivity contribution in [1.82, 2.24) is 20.6 Å². The molecule has 1 heterocycles. The minimum absolute atomic E-state index is 0.0943. The van der Waals surface area contributed by atoms with Crippen LogP contribution in [0.1, 0.15) is 45.4 Å². The lowest BCUT2D eigenvalue weighted by Gasteiger charge is -2.08. The second-order valence-corrected chi connectivity index (χ2v) is 5.03. The lowest BCUT2D eigenvalue weighted by Crippen LogP contribution is -1.97. The van der Waals surface area contributed by atoms with Crippen molar-refractivity contribution in [1.29, 1.82) is 0 Å². The monoisotopic (exact) mass is 290 g/mol. The van der Waals surface area contributed by atoms with Crippen LogP contribution in [0.15, 0.2) is 18.2 Å². The number of aromatic nitrogens is 4. The Hall–Kier alpha value is -2.11. The lowest BCUT2D eigenvalue weighted by atomic mass is 10.1. The molecular weight excluding hydrogens is 268 g/mol. The van der Waals surface area contributed by atoms with E-state index in [1.165, 1.54) is 32.1 Å². The van der Waals surface area contributed by atoms with Crippen LogP contribution in [-0.4, -0.2) is 32.3 Å². The molecule has 6 nitrogen and oxygen atoms in total. The zero-order chi connectivity index (χ0) is 14.9. The minimum atomic E-state index is 0.0943. The average molecular weight is 290 g/mol. The molecule has 0 unspecified atom stereocenters. The summed E-state index contributed by atoms with van der Waals surface area (Å²) < 4.78 is 5.64. The number of H-pyrrole nitrogens is 1. The molecule has 0 amide bonds. The molecule has 6 heteroatoms. The highest BCUT2D eigenvalue weighted by molar-refractivity contribution is 5.64. The number of phenols is 1. The number of rotatable bonds is 9. The van der Waals surface area contributed by atoms with Gasteiger partial charge in [-0.25, -0.2) is 0 Å². The summed E-state index contributed by atoms with van der Waals surface area (Å²) in [6.45, 7) is 2.89. The van der Waals surface area contributed by atoms with Crippen LogP contribution in [0.5, 0.6) is 11.5 Å². The van der Waals surface area contributed by atoms with Gasteiger partial charge in [0.15, 0.2) is 0 Å². The minimum Gasteiger partial charge on any atom is -0.507 e. The van der Waals surface area contributed by atoms with E-state index in [9.17, 15) is 5.11 Å². The Balaban J connectivity index is 1.76. The molecule has 114 valence electrons. The van der Waals surface area contributed by atoms with Gasteiger partial charge < -0.3 is 9.84 Å². The van der Waals surface area contributed by atoms with Crippen molar-refractivity contribution < 1.29 is 9.84 Å². The zero-order valence-electron chi connectivity index (χ0n) is 12.4. The molecule has 0 saturated heterocycles. The topological polar surface area (TPSA) is 83.9 Å². The summed E-state index contributed by atoms with van der Waals surface area (Å²) in [6, 6.07) is 5.13. The van der Waals surface area contributed by atoms with Crippen LogP contribution in [0, 0.1) is 0 Å². The number of aromatic hydroxyl groups is 1. The highest BCUT2D eigenvalue weighted by Crippen LogP contribution is 2.29. The molecule has 2 N–H and O–H groups in total. The van der Waals surface area contributed by atoms with E-state index >= 15 is 0 Å². The Morgan fingerprint density at radius 1 is 1.14 bits per heavy atom. The fourth-order valence-electron chi connectivity index (χ4n) is 2.14. The number of hydrogen-bond donors (Lipinski definition) is 2. The second kappa shape index (κ2) is 8.24. The quantitative estimate of drug-likeness (QED) is 0.692. The number of unbranched alkanes of at least 4 members (excludes halogenated alkanes) is 5. The Kier molecular flexibility index (Phi) is 5.99. The first-order valence-electron chi connectivity index (χ1n) is 7.51. The standard InChI is InChI=1S/C15H22N4O2/c1-2-3-4-5-6-7-10-21-12-8-9-13(14(20)11-12)15-16-18-19-17-15/h8-9,11,20H,2-7,10H2,1H3,(H,16,17,18,19). The van der Waals surface area contributed by atoms with Crippen LogP contribution in [-0.2, 0) is 0 Å². The summed E-state index contributed by atoms with van der Waals surface area (Å²) in [5.74, 6) is 1.13. The summed E-state index contributed by atoms with van der Waals surface area (Å²) in [5.41, 5.74) is 0.538. The van der Waals surface area contributed by atoms with Crippen molar-refractivity contribution in [3.8, 4) is 22.9 Å². The SMILES string of the molecule is CCCCCCCCOc1ccc(-c2nn[nH]n2)c(O)c1. The van der Waals surface area contributed by atoms with Crippen LogP contribution in [0.4, 0.5) is 0 Å². The summed E-state index contributed by atoms with van der Waals surface area (Å²) in [6.07, 6.45) is 7.37. The molecule has 0 aliphatic rings. The van der Waals surface area contributed by atoms with Gasteiger partial charge in [-0.1, -0.05) is 39.0 Å². The van der Waals surface area contributed by atoms with Crippen molar-refractivity contribution in [3.63, 3.8) is 0 Å². The van der Waals surface area contributed by atoms with Gasteiger partial charge in [0.2, 0.25) is 5.82 Å². The molecule has 0 fully saturated rings. The van der Waals surface area contributed by atoms with Gasteiger partial charge in [0.05, 0.1) is 12.2 Å². The molecule has 0 atom stereocenters. The molecule has 2 aromatic rings. The maximum atomic E-state index is 9.96. The van der Waals surface area contributed by atoms with E-state index in [2.05, 4.69) is 27.5 Å². The van der Waals surface area contributed by atoms with Crippen molar-refractivity contribution in [2.45, 2.75) is 45.4 Å². The highest BCUT2D eigenvalue weighted by atomic mass is 16.5. The molecule has 1 aromatic heterocycles. The van der Waals surface area contributed by atoms with Crippen molar-refractivity contribution in [2.75, 3.05) is 6.61 Å². The van der Waals surface area contributed by atoms with Crippen LogP contribution < -0.4 is 4.74 Å². The van der Waals surface area contributed by atoms with E-state index in [0.29, 0.717) is 23.7 Å². The van der Waals surface area contributed by atoms with E-state index in [-0.39, 0.29) is 5.75 Å². The van der Waals surface area contributed by atoms with E-state index in [1.807, 2.05) is 6.07 Å². The van der Waals surface area contributed by atoms with Crippen LogP contribution in [0.25, 0.3) is 11.4 Å². The maximum Gasteiger partial charge on any atom is 0.208 e. The number of tetrazole rings is 1. The number of phenolic OH excluding ortho intramolecular Hbond substituents is 1. The van der Waals surface area contributed by atoms with Crippen LogP contribution in [0.3, 0.4) is 0 Å². The molecule has 0 spiro atoms. The van der Waals surface area contributed by atoms with Gasteiger partial charge in [-0.2, -0.15) is 5.21 Å². The number of benzene rings is 1. The summed E-state index contributed by atoms with van der Waals surface area (Å²) in [7, 11) is 0. The van der Waals surface area contributed by atoms with E-state index < -0.39 is 0 Å².